The molecule has 0 spiro atoms. The van der Waals surface area contributed by atoms with E-state index >= 15 is 0 Å². The van der Waals surface area contributed by atoms with Crippen LogP contribution in [0.1, 0.15) is 38.4 Å². The molecule has 0 amide bonds. The fourth-order valence-corrected chi connectivity index (χ4v) is 1.82. The molecule has 1 atom stereocenters. The highest BCUT2D eigenvalue weighted by Crippen LogP contribution is 2.14. The number of aryl methyl sites for hydroxylation is 1. The van der Waals surface area contributed by atoms with E-state index in [4.69, 9.17) is 9.47 Å². The summed E-state index contributed by atoms with van der Waals surface area (Å²) in [5, 5.41) is 3.43. The second kappa shape index (κ2) is 5.84. The summed E-state index contributed by atoms with van der Waals surface area (Å²) in [6.07, 6.45) is 2.85. The third-order valence-electron chi connectivity index (χ3n) is 3.03. The largest absolute Gasteiger partial charge is 0.458 e. The van der Waals surface area contributed by atoms with E-state index in [1.165, 1.54) is 0 Å². The highest BCUT2D eigenvalue weighted by atomic mass is 16.6. The van der Waals surface area contributed by atoms with Crippen molar-refractivity contribution in [3.8, 4) is 6.01 Å². The van der Waals surface area contributed by atoms with Gasteiger partial charge in [0.1, 0.15) is 6.10 Å². The van der Waals surface area contributed by atoms with Gasteiger partial charge in [0.05, 0.1) is 13.2 Å². The molecule has 1 aromatic rings. The number of rotatable bonds is 4. The summed E-state index contributed by atoms with van der Waals surface area (Å²) in [6, 6.07) is 0.451. The molecule has 1 saturated heterocycles. The lowest BCUT2D eigenvalue weighted by atomic mass is 10.1. The molecule has 106 valence electrons. The lowest BCUT2D eigenvalue weighted by Crippen LogP contribution is -2.35. The van der Waals surface area contributed by atoms with Crippen LogP contribution in [0.2, 0.25) is 0 Å². The first-order chi connectivity index (χ1) is 8.94. The van der Waals surface area contributed by atoms with Crippen LogP contribution in [0.3, 0.4) is 0 Å². The first-order valence-corrected chi connectivity index (χ1v) is 6.76. The standard InChI is InChI=1S/C14H23N3O2/c1-10-11(8-16-14(2,3)4)7-15-13(17-10)19-12-5-6-18-9-12/h7,12,16H,5-6,8-9H2,1-4H3. The summed E-state index contributed by atoms with van der Waals surface area (Å²) in [6.45, 7) is 10.6. The van der Waals surface area contributed by atoms with E-state index in [-0.39, 0.29) is 11.6 Å². The zero-order valence-corrected chi connectivity index (χ0v) is 12.2. The lowest BCUT2D eigenvalue weighted by Gasteiger charge is -2.21. The molecule has 2 rings (SSSR count). The third-order valence-corrected chi connectivity index (χ3v) is 3.03. The summed E-state index contributed by atoms with van der Waals surface area (Å²) in [5.41, 5.74) is 2.15. The normalized spacial score (nSPS) is 19.7. The van der Waals surface area contributed by atoms with Crippen LogP contribution in [0.15, 0.2) is 6.20 Å². The molecule has 0 aromatic carbocycles. The smallest absolute Gasteiger partial charge is 0.316 e. The van der Waals surface area contributed by atoms with Gasteiger partial charge in [-0.1, -0.05) is 0 Å². The molecule has 0 radical (unpaired) electrons. The molecule has 2 heterocycles. The van der Waals surface area contributed by atoms with Gasteiger partial charge in [-0.05, 0) is 27.7 Å². The van der Waals surface area contributed by atoms with Gasteiger partial charge in [0.15, 0.2) is 0 Å². The zero-order valence-electron chi connectivity index (χ0n) is 12.2. The van der Waals surface area contributed by atoms with Crippen LogP contribution in [0.4, 0.5) is 0 Å². The molecular formula is C14H23N3O2. The Labute approximate surface area is 114 Å². The van der Waals surface area contributed by atoms with E-state index in [1.807, 2.05) is 13.1 Å². The molecule has 1 aliphatic heterocycles. The monoisotopic (exact) mass is 265 g/mol. The molecule has 0 bridgehead atoms. The van der Waals surface area contributed by atoms with Gasteiger partial charge in [-0.3, -0.25) is 0 Å². The average Bonchev–Trinajstić information content (AvgIpc) is 2.79. The van der Waals surface area contributed by atoms with E-state index in [2.05, 4.69) is 36.1 Å². The Bertz CT molecular complexity index is 423. The second-order valence-corrected chi connectivity index (χ2v) is 5.97. The highest BCUT2D eigenvalue weighted by molar-refractivity contribution is 5.18. The molecule has 5 heteroatoms. The number of hydrogen-bond donors (Lipinski definition) is 1. The predicted molar refractivity (Wildman–Crippen MR) is 73.2 cm³/mol. The van der Waals surface area contributed by atoms with Gasteiger partial charge >= 0.3 is 6.01 Å². The van der Waals surface area contributed by atoms with Crippen molar-refractivity contribution >= 4 is 0 Å². The molecule has 0 saturated carbocycles. The SMILES string of the molecule is Cc1nc(OC2CCOC2)ncc1CNC(C)(C)C. The van der Waals surface area contributed by atoms with Crippen molar-refractivity contribution in [3.63, 3.8) is 0 Å². The topological polar surface area (TPSA) is 56.3 Å². The fourth-order valence-electron chi connectivity index (χ4n) is 1.82. The minimum absolute atomic E-state index is 0.0861. The van der Waals surface area contributed by atoms with E-state index in [0.717, 1.165) is 30.8 Å². The summed E-state index contributed by atoms with van der Waals surface area (Å²) < 4.78 is 11.0. The number of nitrogens with zero attached hydrogens (tertiary/aromatic N) is 2. The quantitative estimate of drug-likeness (QED) is 0.900. The van der Waals surface area contributed by atoms with Gasteiger partial charge in [-0.15, -0.1) is 0 Å². The maximum atomic E-state index is 5.69. The molecule has 1 unspecified atom stereocenters. The van der Waals surface area contributed by atoms with E-state index in [9.17, 15) is 0 Å². The van der Waals surface area contributed by atoms with Crippen molar-refractivity contribution in [3.05, 3.63) is 17.5 Å². The predicted octanol–water partition coefficient (Wildman–Crippen LogP) is 1.84. The first kappa shape index (κ1) is 14.2. The maximum Gasteiger partial charge on any atom is 0.316 e. The summed E-state index contributed by atoms with van der Waals surface area (Å²) in [7, 11) is 0. The molecular weight excluding hydrogens is 242 g/mol. The second-order valence-electron chi connectivity index (χ2n) is 5.97. The van der Waals surface area contributed by atoms with Crippen molar-refractivity contribution in [2.24, 2.45) is 0 Å². The Kier molecular flexibility index (Phi) is 4.37. The Morgan fingerprint density at radius 2 is 2.26 bits per heavy atom. The molecule has 1 aromatic heterocycles. The first-order valence-electron chi connectivity index (χ1n) is 6.76. The van der Waals surface area contributed by atoms with E-state index in [1.54, 1.807) is 0 Å². The Hall–Kier alpha value is -1.20. The van der Waals surface area contributed by atoms with Gasteiger partial charge < -0.3 is 14.8 Å². The van der Waals surface area contributed by atoms with Crippen LogP contribution in [0, 0.1) is 6.92 Å². The number of nitrogens with one attached hydrogen (secondary N) is 1. The molecule has 1 aliphatic rings. The van der Waals surface area contributed by atoms with Gasteiger partial charge in [0.25, 0.3) is 0 Å². The maximum absolute atomic E-state index is 5.69. The van der Waals surface area contributed by atoms with Crippen LogP contribution in [-0.2, 0) is 11.3 Å². The molecule has 1 fully saturated rings. The fraction of sp³-hybridized carbons (Fsp3) is 0.714. The van der Waals surface area contributed by atoms with Crippen molar-refractivity contribution in [1.82, 2.24) is 15.3 Å². The zero-order chi connectivity index (χ0) is 13.9. The average molecular weight is 265 g/mol. The van der Waals surface area contributed by atoms with Crippen LogP contribution >= 0.6 is 0 Å². The Morgan fingerprint density at radius 3 is 2.84 bits per heavy atom. The molecule has 5 nitrogen and oxygen atoms in total. The minimum Gasteiger partial charge on any atom is -0.458 e. The number of hydrogen-bond acceptors (Lipinski definition) is 5. The lowest BCUT2D eigenvalue weighted by molar-refractivity contribution is 0.134. The van der Waals surface area contributed by atoms with Gasteiger partial charge in [-0.25, -0.2) is 9.97 Å². The van der Waals surface area contributed by atoms with E-state index < -0.39 is 0 Å². The minimum atomic E-state index is 0.0861. The molecule has 1 N–H and O–H groups in total. The molecule has 19 heavy (non-hydrogen) atoms. The van der Waals surface area contributed by atoms with Gasteiger partial charge in [0, 0.05) is 36.0 Å². The number of aromatic nitrogens is 2. The summed E-state index contributed by atoms with van der Waals surface area (Å²) >= 11 is 0. The highest BCUT2D eigenvalue weighted by Gasteiger charge is 2.19. The molecule has 0 aliphatic carbocycles. The summed E-state index contributed by atoms with van der Waals surface area (Å²) in [5.74, 6) is 0. The van der Waals surface area contributed by atoms with Crippen molar-refractivity contribution in [1.29, 1.82) is 0 Å². The third kappa shape index (κ3) is 4.44. The van der Waals surface area contributed by atoms with Crippen molar-refractivity contribution in [2.45, 2.75) is 52.3 Å². The van der Waals surface area contributed by atoms with Crippen LogP contribution in [-0.4, -0.2) is 34.8 Å². The van der Waals surface area contributed by atoms with E-state index in [0.29, 0.717) is 12.6 Å². The van der Waals surface area contributed by atoms with Crippen molar-refractivity contribution < 1.29 is 9.47 Å². The van der Waals surface area contributed by atoms with Crippen LogP contribution in [0.25, 0.3) is 0 Å². The van der Waals surface area contributed by atoms with Crippen molar-refractivity contribution in [2.75, 3.05) is 13.2 Å². The van der Waals surface area contributed by atoms with Gasteiger partial charge in [0.2, 0.25) is 0 Å². The Balaban J connectivity index is 1.96. The Morgan fingerprint density at radius 1 is 1.47 bits per heavy atom. The van der Waals surface area contributed by atoms with Gasteiger partial charge in [-0.2, -0.15) is 0 Å². The number of ether oxygens (including phenoxy) is 2. The van der Waals surface area contributed by atoms with Crippen LogP contribution < -0.4 is 10.1 Å². The van der Waals surface area contributed by atoms with Crippen LogP contribution in [0.5, 0.6) is 6.01 Å². The summed E-state index contributed by atoms with van der Waals surface area (Å²) in [4.78, 5) is 8.68.